The third-order valence-corrected chi connectivity index (χ3v) is 5.08. The average molecular weight is 268 g/mol. The number of hydrogen-bond acceptors (Lipinski definition) is 3. The van der Waals surface area contributed by atoms with Crippen molar-refractivity contribution in [3.8, 4) is 0 Å². The van der Waals surface area contributed by atoms with Crippen molar-refractivity contribution >= 4 is 0 Å². The monoisotopic (exact) mass is 268 g/mol. The molecule has 3 unspecified atom stereocenters. The molecule has 2 aliphatic heterocycles. The zero-order valence-electron chi connectivity index (χ0n) is 13.0. The van der Waals surface area contributed by atoms with Crippen LogP contribution < -0.4 is 5.73 Å². The molecule has 2 heterocycles. The van der Waals surface area contributed by atoms with Gasteiger partial charge in [-0.1, -0.05) is 20.8 Å². The molecule has 0 bridgehead atoms. The van der Waals surface area contributed by atoms with Gasteiger partial charge in [0.25, 0.3) is 0 Å². The van der Waals surface area contributed by atoms with Crippen molar-refractivity contribution in [2.24, 2.45) is 23.0 Å². The Morgan fingerprint density at radius 1 is 1.21 bits per heavy atom. The topological polar surface area (TPSA) is 38.5 Å². The Morgan fingerprint density at radius 2 is 2.00 bits per heavy atom. The van der Waals surface area contributed by atoms with E-state index >= 15 is 0 Å². The standard InChI is InChI=1S/C16H32N2O/c1-16(2,3)14-5-4-8-18(9-6-14)11-15(17)13-7-10-19-12-13/h13-15H,4-12,17H2,1-3H3. The van der Waals surface area contributed by atoms with Crippen molar-refractivity contribution < 1.29 is 4.74 Å². The third kappa shape index (κ3) is 4.44. The van der Waals surface area contributed by atoms with Crippen molar-refractivity contribution in [1.29, 1.82) is 0 Å². The van der Waals surface area contributed by atoms with Crippen LogP contribution in [0.25, 0.3) is 0 Å². The Bertz CT molecular complexity index is 268. The third-order valence-electron chi connectivity index (χ3n) is 5.08. The maximum atomic E-state index is 6.36. The van der Waals surface area contributed by atoms with Gasteiger partial charge < -0.3 is 15.4 Å². The van der Waals surface area contributed by atoms with Crippen LogP contribution in [0, 0.1) is 17.3 Å². The summed E-state index contributed by atoms with van der Waals surface area (Å²) in [4.78, 5) is 2.59. The Morgan fingerprint density at radius 3 is 2.63 bits per heavy atom. The molecule has 2 aliphatic rings. The van der Waals surface area contributed by atoms with E-state index in [1.165, 1.54) is 32.4 Å². The van der Waals surface area contributed by atoms with Gasteiger partial charge in [0.05, 0.1) is 6.61 Å². The second kappa shape index (κ2) is 6.55. The van der Waals surface area contributed by atoms with Gasteiger partial charge in [0.1, 0.15) is 0 Å². The van der Waals surface area contributed by atoms with Crippen molar-refractivity contribution in [2.45, 2.75) is 52.5 Å². The molecule has 2 fully saturated rings. The Kier molecular flexibility index (Phi) is 5.27. The first kappa shape index (κ1) is 15.3. The SMILES string of the molecule is CC(C)(C)C1CCCN(CC(N)C2CCOC2)CC1. The number of nitrogens with two attached hydrogens (primary N) is 1. The normalized spacial score (nSPS) is 32.2. The number of hydrogen-bond donors (Lipinski definition) is 1. The summed E-state index contributed by atoms with van der Waals surface area (Å²) in [5.41, 5.74) is 6.82. The summed E-state index contributed by atoms with van der Waals surface area (Å²) < 4.78 is 5.46. The van der Waals surface area contributed by atoms with Gasteiger partial charge in [-0.3, -0.25) is 0 Å². The Balaban J connectivity index is 1.79. The van der Waals surface area contributed by atoms with Gasteiger partial charge in [0.15, 0.2) is 0 Å². The summed E-state index contributed by atoms with van der Waals surface area (Å²) in [6.45, 7) is 12.4. The first-order valence-corrected chi connectivity index (χ1v) is 8.02. The summed E-state index contributed by atoms with van der Waals surface area (Å²) in [5, 5.41) is 0. The minimum Gasteiger partial charge on any atom is -0.381 e. The van der Waals surface area contributed by atoms with E-state index in [0.717, 1.165) is 32.1 Å². The highest BCUT2D eigenvalue weighted by molar-refractivity contribution is 4.83. The van der Waals surface area contributed by atoms with Crippen LogP contribution in [0.15, 0.2) is 0 Å². The molecule has 0 radical (unpaired) electrons. The van der Waals surface area contributed by atoms with Crippen molar-refractivity contribution in [3.63, 3.8) is 0 Å². The largest absolute Gasteiger partial charge is 0.381 e. The fourth-order valence-corrected chi connectivity index (χ4v) is 3.54. The van der Waals surface area contributed by atoms with Crippen LogP contribution in [0.4, 0.5) is 0 Å². The van der Waals surface area contributed by atoms with Crippen LogP contribution in [0.3, 0.4) is 0 Å². The zero-order valence-corrected chi connectivity index (χ0v) is 13.0. The molecule has 3 atom stereocenters. The van der Waals surface area contributed by atoms with E-state index < -0.39 is 0 Å². The summed E-state index contributed by atoms with van der Waals surface area (Å²) >= 11 is 0. The quantitative estimate of drug-likeness (QED) is 0.854. The second-order valence-corrected chi connectivity index (χ2v) is 7.58. The van der Waals surface area contributed by atoms with Crippen molar-refractivity contribution in [3.05, 3.63) is 0 Å². The molecule has 3 heteroatoms. The van der Waals surface area contributed by atoms with Crippen molar-refractivity contribution in [1.82, 2.24) is 4.90 Å². The average Bonchev–Trinajstić information content (AvgIpc) is 2.75. The van der Waals surface area contributed by atoms with Crippen LogP contribution in [-0.2, 0) is 4.74 Å². The molecule has 0 amide bonds. The lowest BCUT2D eigenvalue weighted by Crippen LogP contribution is -2.43. The highest BCUT2D eigenvalue weighted by Crippen LogP contribution is 2.34. The molecule has 3 nitrogen and oxygen atoms in total. The highest BCUT2D eigenvalue weighted by atomic mass is 16.5. The summed E-state index contributed by atoms with van der Waals surface area (Å²) in [5.74, 6) is 1.45. The highest BCUT2D eigenvalue weighted by Gasteiger charge is 2.29. The molecule has 2 rings (SSSR count). The van der Waals surface area contributed by atoms with Crippen LogP contribution in [-0.4, -0.2) is 43.8 Å². The summed E-state index contributed by atoms with van der Waals surface area (Å²) in [7, 11) is 0. The Labute approximate surface area is 118 Å². The molecule has 19 heavy (non-hydrogen) atoms. The molecular formula is C16H32N2O. The van der Waals surface area contributed by atoms with Gasteiger partial charge in [0.2, 0.25) is 0 Å². The van der Waals surface area contributed by atoms with Crippen LogP contribution in [0.5, 0.6) is 0 Å². The zero-order chi connectivity index (χ0) is 13.9. The van der Waals surface area contributed by atoms with E-state index in [9.17, 15) is 0 Å². The first-order chi connectivity index (χ1) is 8.97. The van der Waals surface area contributed by atoms with Gasteiger partial charge in [-0.2, -0.15) is 0 Å². The number of ether oxygens (including phenoxy) is 1. The fraction of sp³-hybridized carbons (Fsp3) is 1.00. The smallest absolute Gasteiger partial charge is 0.0510 e. The maximum Gasteiger partial charge on any atom is 0.0510 e. The number of nitrogens with zero attached hydrogens (tertiary/aromatic N) is 1. The Hall–Kier alpha value is -0.120. The predicted molar refractivity (Wildman–Crippen MR) is 80.1 cm³/mol. The van der Waals surface area contributed by atoms with Crippen molar-refractivity contribution in [2.75, 3.05) is 32.8 Å². The van der Waals surface area contributed by atoms with E-state index in [1.807, 2.05) is 0 Å². The molecule has 0 aromatic heterocycles. The number of rotatable bonds is 3. The molecule has 0 aromatic rings. The molecule has 112 valence electrons. The molecule has 0 aromatic carbocycles. The maximum absolute atomic E-state index is 6.36. The minimum absolute atomic E-state index is 0.300. The molecule has 2 saturated heterocycles. The van der Waals surface area contributed by atoms with Crippen LogP contribution in [0.2, 0.25) is 0 Å². The van der Waals surface area contributed by atoms with Gasteiger partial charge in [-0.05, 0) is 50.1 Å². The minimum atomic E-state index is 0.300. The second-order valence-electron chi connectivity index (χ2n) is 7.58. The lowest BCUT2D eigenvalue weighted by molar-refractivity contribution is 0.168. The molecule has 2 N–H and O–H groups in total. The molecular weight excluding hydrogens is 236 g/mol. The molecule has 0 saturated carbocycles. The predicted octanol–water partition coefficient (Wildman–Crippen LogP) is 2.50. The lowest BCUT2D eigenvalue weighted by atomic mass is 9.77. The van der Waals surface area contributed by atoms with E-state index in [4.69, 9.17) is 10.5 Å². The van der Waals surface area contributed by atoms with E-state index in [1.54, 1.807) is 0 Å². The number of likely N-dealkylation sites (tertiary alicyclic amines) is 1. The van der Waals surface area contributed by atoms with E-state index in [-0.39, 0.29) is 0 Å². The summed E-state index contributed by atoms with van der Waals surface area (Å²) in [6.07, 6.45) is 5.19. The lowest BCUT2D eigenvalue weighted by Gasteiger charge is -2.30. The van der Waals surface area contributed by atoms with E-state index in [0.29, 0.717) is 17.4 Å². The van der Waals surface area contributed by atoms with Crippen LogP contribution >= 0.6 is 0 Å². The molecule has 0 spiro atoms. The first-order valence-electron chi connectivity index (χ1n) is 8.02. The molecule has 0 aliphatic carbocycles. The van der Waals surface area contributed by atoms with Gasteiger partial charge >= 0.3 is 0 Å². The van der Waals surface area contributed by atoms with Gasteiger partial charge in [-0.25, -0.2) is 0 Å². The summed E-state index contributed by atoms with van der Waals surface area (Å²) in [6, 6.07) is 0.300. The van der Waals surface area contributed by atoms with Gasteiger partial charge in [-0.15, -0.1) is 0 Å². The van der Waals surface area contributed by atoms with Crippen LogP contribution in [0.1, 0.15) is 46.5 Å². The fourth-order valence-electron chi connectivity index (χ4n) is 3.54. The van der Waals surface area contributed by atoms with Gasteiger partial charge in [0, 0.05) is 25.1 Å². The van der Waals surface area contributed by atoms with E-state index in [2.05, 4.69) is 25.7 Å².